The van der Waals surface area contributed by atoms with Crippen molar-refractivity contribution >= 4 is 40.8 Å². The minimum absolute atomic E-state index is 0.267. The first-order valence-electron chi connectivity index (χ1n) is 12.6. The zero-order valence-corrected chi connectivity index (χ0v) is 23.0. The first-order chi connectivity index (χ1) is 18.8. The van der Waals surface area contributed by atoms with E-state index in [1.165, 1.54) is 0 Å². The molecular formula is C31H30Cl2N4O2. The number of hydrogen-bond acceptors (Lipinski definition) is 4. The van der Waals surface area contributed by atoms with Gasteiger partial charge in [-0.25, -0.2) is 4.98 Å². The Morgan fingerprint density at radius 1 is 0.821 bits per heavy atom. The highest BCUT2D eigenvalue weighted by Gasteiger charge is 2.28. The molecular weight excluding hydrogens is 531 g/mol. The number of hydrogen-bond donors (Lipinski definition) is 3. The van der Waals surface area contributed by atoms with Gasteiger partial charge in [-0.15, -0.1) is 0 Å². The summed E-state index contributed by atoms with van der Waals surface area (Å²) in [6.45, 7) is 2.36. The number of anilines is 1. The molecule has 0 saturated heterocycles. The average Bonchev–Trinajstić information content (AvgIpc) is 2.93. The Hall–Kier alpha value is -3.87. The zero-order chi connectivity index (χ0) is 27.8. The molecule has 4 aromatic rings. The highest BCUT2D eigenvalue weighted by molar-refractivity contribution is 6.30. The number of nitrogen functional groups attached to an aromatic ring is 1. The van der Waals surface area contributed by atoms with Crippen LogP contribution in [0.1, 0.15) is 40.2 Å². The van der Waals surface area contributed by atoms with E-state index in [-0.39, 0.29) is 11.8 Å². The van der Waals surface area contributed by atoms with Crippen LogP contribution in [-0.4, -0.2) is 22.8 Å². The summed E-state index contributed by atoms with van der Waals surface area (Å²) in [6, 6.07) is 25.0. The second-order valence-electron chi connectivity index (χ2n) is 9.43. The van der Waals surface area contributed by atoms with Gasteiger partial charge in [0.15, 0.2) is 0 Å². The maximum Gasteiger partial charge on any atom is 0.242 e. The molecule has 0 saturated carbocycles. The molecule has 3 aromatic carbocycles. The van der Waals surface area contributed by atoms with Gasteiger partial charge in [-0.05, 0) is 78.4 Å². The van der Waals surface area contributed by atoms with Gasteiger partial charge in [0.2, 0.25) is 11.8 Å². The molecule has 1 heterocycles. The van der Waals surface area contributed by atoms with Crippen molar-refractivity contribution in [2.75, 3.05) is 5.73 Å². The Balaban J connectivity index is 1.57. The van der Waals surface area contributed by atoms with E-state index in [0.717, 1.165) is 27.8 Å². The van der Waals surface area contributed by atoms with Crippen LogP contribution in [0.3, 0.4) is 0 Å². The fourth-order valence-electron chi connectivity index (χ4n) is 4.31. The van der Waals surface area contributed by atoms with Gasteiger partial charge in [0, 0.05) is 22.8 Å². The number of rotatable bonds is 10. The Labute approximate surface area is 238 Å². The Bertz CT molecular complexity index is 1360. The van der Waals surface area contributed by atoms with E-state index in [0.29, 0.717) is 35.2 Å². The van der Waals surface area contributed by atoms with Crippen LogP contribution >= 0.6 is 23.2 Å². The highest BCUT2D eigenvalue weighted by Crippen LogP contribution is 2.28. The molecule has 0 aliphatic rings. The Morgan fingerprint density at radius 3 is 1.97 bits per heavy atom. The second kappa shape index (κ2) is 13.3. The lowest BCUT2D eigenvalue weighted by Gasteiger charge is -2.23. The molecule has 4 N–H and O–H groups in total. The largest absolute Gasteiger partial charge is 0.384 e. The zero-order valence-electron chi connectivity index (χ0n) is 21.5. The third-order valence-electron chi connectivity index (χ3n) is 6.46. The topological polar surface area (TPSA) is 97.1 Å². The van der Waals surface area contributed by atoms with E-state index in [1.54, 1.807) is 36.5 Å². The van der Waals surface area contributed by atoms with Crippen molar-refractivity contribution in [1.82, 2.24) is 15.6 Å². The van der Waals surface area contributed by atoms with Crippen LogP contribution < -0.4 is 16.4 Å². The number of nitrogens with two attached hydrogens (primary N) is 1. The number of aromatic nitrogens is 1. The van der Waals surface area contributed by atoms with Crippen LogP contribution in [-0.2, 0) is 22.6 Å². The maximum absolute atomic E-state index is 13.8. The maximum atomic E-state index is 13.8. The van der Waals surface area contributed by atoms with Gasteiger partial charge in [0.25, 0.3) is 0 Å². The van der Waals surface area contributed by atoms with Crippen molar-refractivity contribution < 1.29 is 9.59 Å². The Morgan fingerprint density at radius 2 is 1.41 bits per heavy atom. The summed E-state index contributed by atoms with van der Waals surface area (Å²) in [7, 11) is 0. The molecule has 39 heavy (non-hydrogen) atoms. The number of halogens is 2. The number of aryl methyl sites for hydroxylation is 2. The molecule has 0 fully saturated rings. The SMILES string of the molecule is Cc1ccc(CNC(=O)C(CCc2ccnc(N)c2)NC(=O)C(c2ccc(Cl)cc2)c2ccc(Cl)cc2)cc1. The van der Waals surface area contributed by atoms with E-state index < -0.39 is 12.0 Å². The van der Waals surface area contributed by atoms with Gasteiger partial charge in [0.05, 0.1) is 5.92 Å². The predicted molar refractivity (Wildman–Crippen MR) is 157 cm³/mol. The van der Waals surface area contributed by atoms with E-state index in [2.05, 4.69) is 15.6 Å². The third kappa shape index (κ3) is 8.06. The van der Waals surface area contributed by atoms with Crippen molar-refractivity contribution in [3.05, 3.63) is 129 Å². The molecule has 0 spiro atoms. The molecule has 0 aliphatic carbocycles. The fourth-order valence-corrected chi connectivity index (χ4v) is 4.56. The van der Waals surface area contributed by atoms with Gasteiger partial charge in [-0.2, -0.15) is 0 Å². The molecule has 4 rings (SSSR count). The molecule has 1 atom stereocenters. The minimum Gasteiger partial charge on any atom is -0.384 e. The van der Waals surface area contributed by atoms with Crippen LogP contribution in [0.4, 0.5) is 5.82 Å². The van der Waals surface area contributed by atoms with Crippen LogP contribution in [0.25, 0.3) is 0 Å². The van der Waals surface area contributed by atoms with Gasteiger partial charge in [0.1, 0.15) is 11.9 Å². The highest BCUT2D eigenvalue weighted by atomic mass is 35.5. The first-order valence-corrected chi connectivity index (χ1v) is 13.4. The summed E-state index contributed by atoms with van der Waals surface area (Å²) in [5.41, 5.74) is 10.4. The Kier molecular flexibility index (Phi) is 9.58. The molecule has 0 radical (unpaired) electrons. The summed E-state index contributed by atoms with van der Waals surface area (Å²) in [5, 5.41) is 7.13. The second-order valence-corrected chi connectivity index (χ2v) is 10.3. The summed E-state index contributed by atoms with van der Waals surface area (Å²) < 4.78 is 0. The lowest BCUT2D eigenvalue weighted by Crippen LogP contribution is -2.48. The first kappa shape index (κ1) is 28.1. The molecule has 1 unspecified atom stereocenters. The smallest absolute Gasteiger partial charge is 0.242 e. The number of carbonyl (C=O) groups excluding carboxylic acids is 2. The van der Waals surface area contributed by atoms with Crippen molar-refractivity contribution in [1.29, 1.82) is 0 Å². The number of nitrogens with one attached hydrogen (secondary N) is 2. The normalized spacial score (nSPS) is 11.7. The average molecular weight is 562 g/mol. The summed E-state index contributed by atoms with van der Waals surface area (Å²) in [5.74, 6) is -0.827. The molecule has 0 bridgehead atoms. The van der Waals surface area contributed by atoms with Crippen molar-refractivity contribution in [2.45, 2.75) is 38.3 Å². The monoisotopic (exact) mass is 560 g/mol. The summed E-state index contributed by atoms with van der Waals surface area (Å²) >= 11 is 12.2. The number of carbonyl (C=O) groups is 2. The van der Waals surface area contributed by atoms with Crippen molar-refractivity contribution in [3.63, 3.8) is 0 Å². The van der Waals surface area contributed by atoms with E-state index in [4.69, 9.17) is 28.9 Å². The standard InChI is InChI=1S/C31H30Cl2N4O2/c1-20-2-4-22(5-3-20)19-36-30(38)27(15-6-21-16-17-35-28(34)18-21)37-31(39)29(23-7-11-25(32)12-8-23)24-9-13-26(33)14-10-24/h2-5,7-14,16-18,27,29H,6,15,19H2,1H3,(H2,34,35)(H,36,38)(H,37,39). The number of pyridine rings is 1. The van der Waals surface area contributed by atoms with E-state index >= 15 is 0 Å². The quantitative estimate of drug-likeness (QED) is 0.227. The predicted octanol–water partition coefficient (Wildman–Crippen LogP) is 5.84. The van der Waals surface area contributed by atoms with Gasteiger partial charge in [-0.1, -0.05) is 77.3 Å². The van der Waals surface area contributed by atoms with Crippen molar-refractivity contribution in [3.8, 4) is 0 Å². The van der Waals surface area contributed by atoms with Crippen LogP contribution in [0, 0.1) is 6.92 Å². The number of amides is 2. The van der Waals surface area contributed by atoms with Gasteiger partial charge < -0.3 is 16.4 Å². The molecule has 2 amide bonds. The molecule has 1 aromatic heterocycles. The molecule has 0 aliphatic heterocycles. The van der Waals surface area contributed by atoms with E-state index in [1.807, 2.05) is 61.5 Å². The van der Waals surface area contributed by atoms with Crippen molar-refractivity contribution in [2.24, 2.45) is 0 Å². The van der Waals surface area contributed by atoms with Gasteiger partial charge in [-0.3, -0.25) is 9.59 Å². The molecule has 6 nitrogen and oxygen atoms in total. The van der Waals surface area contributed by atoms with Crippen LogP contribution in [0.15, 0.2) is 91.1 Å². The number of nitrogens with zero attached hydrogens (tertiary/aromatic N) is 1. The third-order valence-corrected chi connectivity index (χ3v) is 6.96. The minimum atomic E-state index is -0.778. The lowest BCUT2D eigenvalue weighted by molar-refractivity contribution is -0.129. The van der Waals surface area contributed by atoms with Gasteiger partial charge >= 0.3 is 0 Å². The summed E-state index contributed by atoms with van der Waals surface area (Å²) in [4.78, 5) is 31.2. The fraction of sp³-hybridized carbons (Fsp3) is 0.194. The lowest BCUT2D eigenvalue weighted by atomic mass is 9.90. The number of benzene rings is 3. The summed E-state index contributed by atoms with van der Waals surface area (Å²) in [6.07, 6.45) is 2.54. The van der Waals surface area contributed by atoms with Crippen LogP contribution in [0.5, 0.6) is 0 Å². The van der Waals surface area contributed by atoms with E-state index in [9.17, 15) is 9.59 Å². The molecule has 8 heteroatoms. The molecule has 200 valence electrons. The van der Waals surface area contributed by atoms with Crippen LogP contribution in [0.2, 0.25) is 10.0 Å².